The molecule has 3 aliphatic rings. The first-order valence-corrected chi connectivity index (χ1v) is 13.1. The number of ether oxygens (including phenoxy) is 4. The van der Waals surface area contributed by atoms with Crippen LogP contribution in [0.1, 0.15) is 61.3 Å². The van der Waals surface area contributed by atoms with Crippen molar-refractivity contribution in [1.82, 2.24) is 0 Å². The summed E-state index contributed by atoms with van der Waals surface area (Å²) in [5.41, 5.74) is -1.05. The van der Waals surface area contributed by atoms with Gasteiger partial charge in [0.05, 0.1) is 43.0 Å². The fraction of sp³-hybridized carbons (Fsp3) is 0.923. The van der Waals surface area contributed by atoms with E-state index in [1.807, 2.05) is 6.92 Å². The molecule has 0 radical (unpaired) electrons. The SMILES string of the molecule is CC1C(=O)[C@]2(CO2)C[C@H](C)[C@H](O)[C@@H](C)C(O[C@@H]2C[C@@H](O)[C@H](O)[C@@H](C)O2)[C@@H](C)C(=O)O[C@H](C)[C@H](C)[C@@H]1O. The Kier molecular flexibility index (Phi) is 9.24. The summed E-state index contributed by atoms with van der Waals surface area (Å²) >= 11 is 0. The highest BCUT2D eigenvalue weighted by Crippen LogP contribution is 2.41. The second-order valence-electron chi connectivity index (χ2n) is 11.4. The molecule has 3 heterocycles. The Morgan fingerprint density at radius 3 is 2.00 bits per heavy atom. The normalized spacial score (nSPS) is 51.5. The first-order chi connectivity index (χ1) is 16.7. The summed E-state index contributed by atoms with van der Waals surface area (Å²) < 4.78 is 23.2. The van der Waals surface area contributed by atoms with E-state index in [1.165, 1.54) is 0 Å². The highest BCUT2D eigenvalue weighted by molar-refractivity contribution is 5.92. The zero-order chi connectivity index (χ0) is 27.1. The van der Waals surface area contributed by atoms with E-state index in [4.69, 9.17) is 18.9 Å². The third-order valence-corrected chi connectivity index (χ3v) is 8.59. The Bertz CT molecular complexity index is 773. The Balaban J connectivity index is 1.90. The van der Waals surface area contributed by atoms with Crippen LogP contribution >= 0.6 is 0 Å². The van der Waals surface area contributed by atoms with Gasteiger partial charge in [0.1, 0.15) is 12.2 Å². The number of cyclic esters (lactones) is 1. The highest BCUT2D eigenvalue weighted by Gasteiger charge is 2.56. The van der Waals surface area contributed by atoms with Crippen LogP contribution in [0.4, 0.5) is 0 Å². The maximum atomic E-state index is 13.3. The Morgan fingerprint density at radius 2 is 1.44 bits per heavy atom. The number of aliphatic hydroxyl groups excluding tert-OH is 4. The van der Waals surface area contributed by atoms with E-state index in [0.717, 1.165) is 0 Å². The largest absolute Gasteiger partial charge is 0.462 e. The van der Waals surface area contributed by atoms with Crippen molar-refractivity contribution in [2.24, 2.45) is 29.6 Å². The zero-order valence-electron chi connectivity index (χ0n) is 22.4. The predicted molar refractivity (Wildman–Crippen MR) is 128 cm³/mol. The minimum Gasteiger partial charge on any atom is -0.462 e. The summed E-state index contributed by atoms with van der Waals surface area (Å²) in [7, 11) is 0. The van der Waals surface area contributed by atoms with Crippen LogP contribution in [0.2, 0.25) is 0 Å². The number of esters is 1. The molecule has 0 amide bonds. The van der Waals surface area contributed by atoms with Gasteiger partial charge in [0.15, 0.2) is 17.7 Å². The fourth-order valence-corrected chi connectivity index (χ4v) is 5.62. The van der Waals surface area contributed by atoms with Crippen molar-refractivity contribution in [3.05, 3.63) is 0 Å². The van der Waals surface area contributed by atoms with E-state index in [-0.39, 0.29) is 31.1 Å². The monoisotopic (exact) mass is 516 g/mol. The second-order valence-corrected chi connectivity index (χ2v) is 11.4. The quantitative estimate of drug-likeness (QED) is 0.306. The van der Waals surface area contributed by atoms with Crippen LogP contribution in [-0.2, 0) is 28.5 Å². The van der Waals surface area contributed by atoms with Crippen molar-refractivity contribution >= 4 is 11.8 Å². The second kappa shape index (κ2) is 11.3. The molecule has 4 N–H and O–H groups in total. The van der Waals surface area contributed by atoms with Gasteiger partial charge >= 0.3 is 5.97 Å². The van der Waals surface area contributed by atoms with Gasteiger partial charge in [-0.1, -0.05) is 27.7 Å². The van der Waals surface area contributed by atoms with Crippen molar-refractivity contribution in [2.75, 3.05) is 6.61 Å². The van der Waals surface area contributed by atoms with Crippen molar-refractivity contribution in [1.29, 1.82) is 0 Å². The molecule has 10 heteroatoms. The molecule has 1 spiro atoms. The van der Waals surface area contributed by atoms with Crippen LogP contribution in [0.3, 0.4) is 0 Å². The molecule has 3 saturated heterocycles. The maximum Gasteiger partial charge on any atom is 0.311 e. The summed E-state index contributed by atoms with van der Waals surface area (Å²) in [5.74, 6) is -3.81. The number of epoxide rings is 1. The van der Waals surface area contributed by atoms with Gasteiger partial charge in [-0.3, -0.25) is 9.59 Å². The molecule has 3 fully saturated rings. The highest BCUT2D eigenvalue weighted by atomic mass is 16.7. The number of ketones is 1. The molecule has 0 aromatic carbocycles. The van der Waals surface area contributed by atoms with Crippen LogP contribution in [0, 0.1) is 29.6 Å². The van der Waals surface area contributed by atoms with E-state index in [2.05, 4.69) is 0 Å². The lowest BCUT2D eigenvalue weighted by Gasteiger charge is -2.41. The summed E-state index contributed by atoms with van der Waals surface area (Å²) in [6, 6.07) is 0. The average molecular weight is 517 g/mol. The van der Waals surface area contributed by atoms with Gasteiger partial charge in [-0.15, -0.1) is 0 Å². The van der Waals surface area contributed by atoms with E-state index < -0.39 is 84.3 Å². The Morgan fingerprint density at radius 1 is 0.833 bits per heavy atom. The minimum atomic E-state index is -1.05. The molecule has 0 aromatic heterocycles. The average Bonchev–Trinajstić information content (AvgIpc) is 3.62. The van der Waals surface area contributed by atoms with Crippen LogP contribution in [0.5, 0.6) is 0 Å². The molecular weight excluding hydrogens is 472 g/mol. The van der Waals surface area contributed by atoms with Gasteiger partial charge < -0.3 is 39.4 Å². The zero-order valence-corrected chi connectivity index (χ0v) is 22.4. The number of hydrogen-bond acceptors (Lipinski definition) is 10. The van der Waals surface area contributed by atoms with Crippen LogP contribution in [0.25, 0.3) is 0 Å². The van der Waals surface area contributed by atoms with Gasteiger partial charge in [-0.2, -0.15) is 0 Å². The molecule has 208 valence electrons. The Hall–Kier alpha value is -1.14. The number of carbonyl (C=O) groups excluding carboxylic acids is 2. The van der Waals surface area contributed by atoms with Crippen molar-refractivity contribution in [3.63, 3.8) is 0 Å². The van der Waals surface area contributed by atoms with Gasteiger partial charge in [-0.25, -0.2) is 0 Å². The molecule has 2 unspecified atom stereocenters. The number of Topliss-reactive ketones (excluding diaryl/α,β-unsaturated/α-hetero) is 1. The van der Waals surface area contributed by atoms with Crippen molar-refractivity contribution in [3.8, 4) is 0 Å². The third kappa shape index (κ3) is 5.95. The van der Waals surface area contributed by atoms with Crippen LogP contribution in [0.15, 0.2) is 0 Å². The topological polar surface area (TPSA) is 155 Å². The standard InChI is InChI=1S/C26H44O10/c1-11-9-26(10-33-26)24(31)14(4)21(29)12(2)16(6)35-25(32)15(5)23(13(3)20(11)28)36-19-8-18(27)22(30)17(7)34-19/h11-23,27-30H,8-10H2,1-7H3/t11-,12-,13+,14?,15+,16+,17+,18+,19+,20-,21-,22+,23?,26+/m0/s1. The lowest BCUT2D eigenvalue weighted by atomic mass is 9.76. The third-order valence-electron chi connectivity index (χ3n) is 8.59. The van der Waals surface area contributed by atoms with E-state index in [1.54, 1.807) is 41.5 Å². The van der Waals surface area contributed by atoms with Gasteiger partial charge in [-0.05, 0) is 33.1 Å². The van der Waals surface area contributed by atoms with Gasteiger partial charge in [0, 0.05) is 24.2 Å². The summed E-state index contributed by atoms with van der Waals surface area (Å²) in [6.07, 6.45) is -6.96. The molecule has 3 rings (SSSR count). The number of hydrogen-bond donors (Lipinski definition) is 4. The lowest BCUT2D eigenvalue weighted by Crippen LogP contribution is -2.52. The van der Waals surface area contributed by atoms with Crippen molar-refractivity contribution in [2.45, 2.75) is 116 Å². The van der Waals surface area contributed by atoms with Gasteiger partial charge in [0.25, 0.3) is 0 Å². The lowest BCUT2D eigenvalue weighted by molar-refractivity contribution is -0.273. The van der Waals surface area contributed by atoms with Crippen molar-refractivity contribution < 1.29 is 49.0 Å². The smallest absolute Gasteiger partial charge is 0.311 e. The molecule has 0 aliphatic carbocycles. The number of rotatable bonds is 2. The number of aliphatic hydroxyl groups is 4. The Labute approximate surface area is 213 Å². The maximum absolute atomic E-state index is 13.3. The van der Waals surface area contributed by atoms with E-state index in [9.17, 15) is 30.0 Å². The summed E-state index contributed by atoms with van der Waals surface area (Å²) in [5, 5.41) is 42.4. The molecule has 14 atom stereocenters. The van der Waals surface area contributed by atoms with Crippen LogP contribution in [-0.4, -0.2) is 93.4 Å². The fourth-order valence-electron chi connectivity index (χ4n) is 5.62. The molecule has 36 heavy (non-hydrogen) atoms. The molecule has 0 aromatic rings. The van der Waals surface area contributed by atoms with Gasteiger partial charge in [0.2, 0.25) is 0 Å². The van der Waals surface area contributed by atoms with Crippen LogP contribution < -0.4 is 0 Å². The summed E-state index contributed by atoms with van der Waals surface area (Å²) in [6.45, 7) is 12.1. The molecule has 0 saturated carbocycles. The molecular formula is C26H44O10. The predicted octanol–water partition coefficient (Wildman–Crippen LogP) is 0.804. The minimum absolute atomic E-state index is 0.00507. The molecule has 10 nitrogen and oxygen atoms in total. The van der Waals surface area contributed by atoms with E-state index in [0.29, 0.717) is 0 Å². The summed E-state index contributed by atoms with van der Waals surface area (Å²) in [4.78, 5) is 26.5. The number of carbonyl (C=O) groups is 2. The molecule has 3 aliphatic heterocycles. The first kappa shape index (κ1) is 29.4. The van der Waals surface area contributed by atoms with E-state index >= 15 is 0 Å². The molecule has 0 bridgehead atoms. The first-order valence-electron chi connectivity index (χ1n) is 13.1.